The summed E-state index contributed by atoms with van der Waals surface area (Å²) < 4.78 is 1.61. The van der Waals surface area contributed by atoms with E-state index < -0.39 is 23.8 Å². The number of nitrogens with zero attached hydrogens (tertiary/aromatic N) is 3. The van der Waals surface area contributed by atoms with Crippen LogP contribution in [-0.4, -0.2) is 27.6 Å². The van der Waals surface area contributed by atoms with Crippen LogP contribution in [0.25, 0.3) is 0 Å². The SMILES string of the molecule is CCCC1C(=O)NC(=O)N(c2cnn(CC)c2)C1=O. The maximum Gasteiger partial charge on any atom is 0.335 e. The van der Waals surface area contributed by atoms with E-state index in [-0.39, 0.29) is 0 Å². The van der Waals surface area contributed by atoms with Crippen LogP contribution in [0.5, 0.6) is 0 Å². The van der Waals surface area contributed by atoms with Crippen LogP contribution in [0, 0.1) is 5.92 Å². The maximum absolute atomic E-state index is 12.2. The summed E-state index contributed by atoms with van der Waals surface area (Å²) in [4.78, 5) is 36.7. The molecule has 2 rings (SSSR count). The van der Waals surface area contributed by atoms with E-state index in [9.17, 15) is 14.4 Å². The highest BCUT2D eigenvalue weighted by molar-refractivity contribution is 6.27. The van der Waals surface area contributed by atoms with Crippen molar-refractivity contribution in [2.45, 2.75) is 33.2 Å². The molecule has 0 saturated carbocycles. The molecular weight excluding hydrogens is 248 g/mol. The fourth-order valence-corrected chi connectivity index (χ4v) is 2.05. The van der Waals surface area contributed by atoms with E-state index in [1.54, 1.807) is 10.9 Å². The number of aromatic nitrogens is 2. The average Bonchev–Trinajstić information content (AvgIpc) is 2.83. The fourth-order valence-electron chi connectivity index (χ4n) is 2.05. The van der Waals surface area contributed by atoms with E-state index in [1.165, 1.54) is 6.20 Å². The standard InChI is InChI=1S/C12H16N4O3/c1-3-5-9-10(17)14-12(19)16(11(9)18)8-6-13-15(4-2)7-8/h6-7,9H,3-5H2,1-2H3,(H,14,17,19). The van der Waals surface area contributed by atoms with Crippen LogP contribution in [-0.2, 0) is 16.1 Å². The lowest BCUT2D eigenvalue weighted by Crippen LogP contribution is -2.58. The van der Waals surface area contributed by atoms with Gasteiger partial charge in [0.1, 0.15) is 5.92 Å². The Morgan fingerprint density at radius 3 is 2.63 bits per heavy atom. The Morgan fingerprint density at radius 2 is 2.05 bits per heavy atom. The molecule has 7 nitrogen and oxygen atoms in total. The van der Waals surface area contributed by atoms with Crippen LogP contribution >= 0.6 is 0 Å². The van der Waals surface area contributed by atoms with Gasteiger partial charge in [0.05, 0.1) is 11.9 Å². The van der Waals surface area contributed by atoms with Crippen molar-refractivity contribution in [1.29, 1.82) is 0 Å². The Labute approximate surface area is 110 Å². The lowest BCUT2D eigenvalue weighted by molar-refractivity contribution is -0.134. The molecule has 19 heavy (non-hydrogen) atoms. The van der Waals surface area contributed by atoms with E-state index in [0.29, 0.717) is 25.1 Å². The summed E-state index contributed by atoms with van der Waals surface area (Å²) in [6.45, 7) is 4.43. The van der Waals surface area contributed by atoms with Gasteiger partial charge in [0, 0.05) is 12.7 Å². The number of carbonyl (C=O) groups excluding carboxylic acids is 3. The van der Waals surface area contributed by atoms with Crippen LogP contribution in [0.4, 0.5) is 10.5 Å². The topological polar surface area (TPSA) is 84.3 Å². The maximum atomic E-state index is 12.2. The lowest BCUT2D eigenvalue weighted by Gasteiger charge is -2.28. The van der Waals surface area contributed by atoms with E-state index in [4.69, 9.17) is 0 Å². The number of anilines is 1. The second kappa shape index (κ2) is 5.21. The highest BCUT2D eigenvalue weighted by Gasteiger charge is 2.40. The molecule has 0 aromatic carbocycles. The second-order valence-electron chi connectivity index (χ2n) is 4.36. The Hall–Kier alpha value is -2.18. The molecule has 1 aromatic heterocycles. The van der Waals surface area contributed by atoms with E-state index in [1.807, 2.05) is 13.8 Å². The van der Waals surface area contributed by atoms with Gasteiger partial charge in [-0.2, -0.15) is 5.10 Å². The van der Waals surface area contributed by atoms with Crippen molar-refractivity contribution in [3.8, 4) is 0 Å². The number of carbonyl (C=O) groups is 3. The summed E-state index contributed by atoms with van der Waals surface area (Å²) in [5.41, 5.74) is 0.387. The number of urea groups is 1. The summed E-state index contributed by atoms with van der Waals surface area (Å²) in [6, 6.07) is -0.710. The predicted octanol–water partition coefficient (Wildman–Crippen LogP) is 0.902. The van der Waals surface area contributed by atoms with Gasteiger partial charge in [-0.25, -0.2) is 9.69 Å². The molecule has 1 aliphatic heterocycles. The zero-order valence-corrected chi connectivity index (χ0v) is 10.9. The lowest BCUT2D eigenvalue weighted by atomic mass is 9.99. The minimum Gasteiger partial charge on any atom is -0.277 e. The second-order valence-corrected chi connectivity index (χ2v) is 4.36. The summed E-state index contributed by atoms with van der Waals surface area (Å²) in [6.07, 6.45) is 4.17. The number of imide groups is 2. The van der Waals surface area contributed by atoms with Gasteiger partial charge >= 0.3 is 6.03 Å². The molecule has 2 heterocycles. The number of barbiturate groups is 1. The third-order valence-electron chi connectivity index (χ3n) is 3.05. The molecule has 0 radical (unpaired) electrons. The number of aryl methyl sites for hydroxylation is 1. The van der Waals surface area contributed by atoms with Crippen molar-refractivity contribution in [2.75, 3.05) is 4.90 Å². The third-order valence-corrected chi connectivity index (χ3v) is 3.05. The first kappa shape index (κ1) is 13.3. The molecule has 0 aliphatic carbocycles. The first-order valence-electron chi connectivity index (χ1n) is 6.29. The van der Waals surface area contributed by atoms with E-state index in [2.05, 4.69) is 10.4 Å². The molecule has 1 unspecified atom stereocenters. The predicted molar refractivity (Wildman–Crippen MR) is 67.3 cm³/mol. The molecule has 1 N–H and O–H groups in total. The van der Waals surface area contributed by atoms with Crippen molar-refractivity contribution in [3.05, 3.63) is 12.4 Å². The zero-order chi connectivity index (χ0) is 14.0. The molecule has 0 spiro atoms. The Morgan fingerprint density at radius 1 is 1.32 bits per heavy atom. The van der Waals surface area contributed by atoms with Crippen molar-refractivity contribution < 1.29 is 14.4 Å². The first-order valence-corrected chi connectivity index (χ1v) is 6.29. The average molecular weight is 264 g/mol. The van der Waals surface area contributed by atoms with Gasteiger partial charge in [-0.1, -0.05) is 13.3 Å². The number of amides is 4. The minimum absolute atomic E-state index is 0.387. The van der Waals surface area contributed by atoms with E-state index in [0.717, 1.165) is 4.90 Å². The van der Waals surface area contributed by atoms with Gasteiger partial charge in [-0.3, -0.25) is 19.6 Å². The number of hydrogen-bond donors (Lipinski definition) is 1. The minimum atomic E-state index is -0.798. The van der Waals surface area contributed by atoms with Crippen molar-refractivity contribution >= 4 is 23.5 Å². The monoisotopic (exact) mass is 264 g/mol. The summed E-state index contributed by atoms with van der Waals surface area (Å²) in [5, 5.41) is 6.24. The summed E-state index contributed by atoms with van der Waals surface area (Å²) in [5.74, 6) is -1.80. The molecule has 0 bridgehead atoms. The van der Waals surface area contributed by atoms with Gasteiger partial charge < -0.3 is 0 Å². The zero-order valence-electron chi connectivity index (χ0n) is 10.9. The molecule has 1 aliphatic rings. The van der Waals surface area contributed by atoms with Gasteiger partial charge in [-0.05, 0) is 13.3 Å². The van der Waals surface area contributed by atoms with Crippen molar-refractivity contribution in [1.82, 2.24) is 15.1 Å². The van der Waals surface area contributed by atoms with Crippen LogP contribution in [0.1, 0.15) is 26.7 Å². The number of hydrogen-bond acceptors (Lipinski definition) is 4. The number of nitrogens with one attached hydrogen (secondary N) is 1. The Balaban J connectivity index is 2.30. The molecule has 7 heteroatoms. The van der Waals surface area contributed by atoms with Gasteiger partial charge in [0.15, 0.2) is 0 Å². The molecule has 1 fully saturated rings. The molecule has 102 valence electrons. The molecule has 1 saturated heterocycles. The van der Waals surface area contributed by atoms with Crippen LogP contribution < -0.4 is 10.2 Å². The van der Waals surface area contributed by atoms with Crippen LogP contribution in [0.15, 0.2) is 12.4 Å². The Bertz CT molecular complexity index is 523. The van der Waals surface area contributed by atoms with Crippen molar-refractivity contribution in [3.63, 3.8) is 0 Å². The largest absolute Gasteiger partial charge is 0.335 e. The highest BCUT2D eigenvalue weighted by Crippen LogP contribution is 2.22. The molecular formula is C12H16N4O3. The van der Waals surface area contributed by atoms with Crippen LogP contribution in [0.2, 0.25) is 0 Å². The fraction of sp³-hybridized carbons (Fsp3) is 0.500. The van der Waals surface area contributed by atoms with Gasteiger partial charge in [0.25, 0.3) is 0 Å². The smallest absolute Gasteiger partial charge is 0.277 e. The summed E-state index contributed by atoms with van der Waals surface area (Å²) >= 11 is 0. The highest BCUT2D eigenvalue weighted by atomic mass is 16.2. The third kappa shape index (κ3) is 2.35. The molecule has 1 aromatic rings. The van der Waals surface area contributed by atoms with Crippen molar-refractivity contribution in [2.24, 2.45) is 5.92 Å². The quantitative estimate of drug-likeness (QED) is 0.819. The normalized spacial score (nSPS) is 19.8. The molecule has 1 atom stereocenters. The summed E-state index contributed by atoms with van der Waals surface area (Å²) in [7, 11) is 0. The van der Waals surface area contributed by atoms with Crippen LogP contribution in [0.3, 0.4) is 0 Å². The van der Waals surface area contributed by atoms with Gasteiger partial charge in [-0.15, -0.1) is 0 Å². The molecule has 4 amide bonds. The number of rotatable bonds is 4. The van der Waals surface area contributed by atoms with Gasteiger partial charge in [0.2, 0.25) is 11.8 Å². The Kier molecular flexibility index (Phi) is 3.64. The first-order chi connectivity index (χ1) is 9.08. The van der Waals surface area contributed by atoms with E-state index >= 15 is 0 Å².